The molecule has 5 heteroatoms. The number of hydrogen-bond acceptors (Lipinski definition) is 4. The number of carbonyl (C=O) groups excluding carboxylic acids is 1. The smallest absolute Gasteiger partial charge is 0.257 e. The van der Waals surface area contributed by atoms with Crippen LogP contribution in [-0.2, 0) is 0 Å². The molecule has 0 spiro atoms. The molecule has 1 N–H and O–H groups in total. The number of nitrogens with one attached hydrogen (secondary N) is 1. The molecule has 0 aliphatic carbocycles. The van der Waals surface area contributed by atoms with Crippen LogP contribution in [0.5, 0.6) is 17.2 Å². The Labute approximate surface area is 148 Å². The van der Waals surface area contributed by atoms with Crippen LogP contribution in [-0.4, -0.2) is 43.6 Å². The summed E-state index contributed by atoms with van der Waals surface area (Å²) < 4.78 is 11.6. The van der Waals surface area contributed by atoms with E-state index < -0.39 is 0 Å². The van der Waals surface area contributed by atoms with Gasteiger partial charge in [0.25, 0.3) is 5.91 Å². The van der Waals surface area contributed by atoms with Crippen molar-refractivity contribution in [1.29, 1.82) is 0 Å². The van der Waals surface area contributed by atoms with Crippen molar-refractivity contribution in [1.82, 2.24) is 10.2 Å². The quantitative estimate of drug-likeness (QED) is 0.876. The van der Waals surface area contributed by atoms with E-state index in [1.54, 1.807) is 11.0 Å². The largest absolute Gasteiger partial charge is 0.490 e. The number of rotatable bonds is 6. The summed E-state index contributed by atoms with van der Waals surface area (Å²) in [6, 6.07) is 15.1. The molecule has 1 aliphatic heterocycles. The van der Waals surface area contributed by atoms with Gasteiger partial charge in [0.15, 0.2) is 11.5 Å². The molecule has 0 saturated carbocycles. The Bertz CT molecular complexity index is 726. The van der Waals surface area contributed by atoms with Crippen molar-refractivity contribution in [2.24, 2.45) is 0 Å². The van der Waals surface area contributed by atoms with Crippen LogP contribution >= 0.6 is 0 Å². The molecule has 1 atom stereocenters. The normalized spacial score (nSPS) is 16.5. The van der Waals surface area contributed by atoms with Gasteiger partial charge < -0.3 is 19.7 Å². The van der Waals surface area contributed by atoms with Crippen LogP contribution in [0.4, 0.5) is 0 Å². The van der Waals surface area contributed by atoms with Crippen LogP contribution in [0.1, 0.15) is 23.7 Å². The summed E-state index contributed by atoms with van der Waals surface area (Å²) >= 11 is 0. The second kappa shape index (κ2) is 8.03. The summed E-state index contributed by atoms with van der Waals surface area (Å²) in [5, 5.41) is 3.29. The number of carbonyl (C=O) groups is 1. The van der Waals surface area contributed by atoms with Crippen molar-refractivity contribution in [3.05, 3.63) is 54.1 Å². The SMILES string of the molecule is CCOc1ccccc1Oc1ccccc1C(=O)N(C)C1CCNC1. The van der Waals surface area contributed by atoms with Crippen LogP contribution < -0.4 is 14.8 Å². The van der Waals surface area contributed by atoms with Crippen molar-refractivity contribution in [3.63, 3.8) is 0 Å². The first-order chi connectivity index (χ1) is 12.2. The zero-order valence-electron chi connectivity index (χ0n) is 14.7. The number of amides is 1. The summed E-state index contributed by atoms with van der Waals surface area (Å²) in [7, 11) is 1.85. The Morgan fingerprint density at radius 3 is 2.48 bits per heavy atom. The molecule has 1 saturated heterocycles. The Morgan fingerprint density at radius 2 is 1.80 bits per heavy atom. The number of hydrogen-bond donors (Lipinski definition) is 1. The van der Waals surface area contributed by atoms with Gasteiger partial charge in [-0.15, -0.1) is 0 Å². The first kappa shape index (κ1) is 17.3. The second-order valence-corrected chi connectivity index (χ2v) is 6.04. The minimum absolute atomic E-state index is 0.0295. The molecular formula is C20H24N2O3. The van der Waals surface area contributed by atoms with Gasteiger partial charge >= 0.3 is 0 Å². The number of likely N-dealkylation sites (N-methyl/N-ethyl adjacent to an activating group) is 1. The van der Waals surface area contributed by atoms with Gasteiger partial charge in [-0.05, 0) is 44.2 Å². The lowest BCUT2D eigenvalue weighted by Gasteiger charge is -2.24. The van der Waals surface area contributed by atoms with E-state index in [0.29, 0.717) is 29.4 Å². The van der Waals surface area contributed by atoms with Gasteiger partial charge in [-0.3, -0.25) is 4.79 Å². The van der Waals surface area contributed by atoms with E-state index in [0.717, 1.165) is 19.5 Å². The Kier molecular flexibility index (Phi) is 5.56. The molecule has 2 aromatic rings. The summed E-state index contributed by atoms with van der Waals surface area (Å²) in [5.74, 6) is 1.78. The minimum Gasteiger partial charge on any atom is -0.490 e. The molecule has 1 fully saturated rings. The lowest BCUT2D eigenvalue weighted by molar-refractivity contribution is 0.0741. The third kappa shape index (κ3) is 3.94. The monoisotopic (exact) mass is 340 g/mol. The second-order valence-electron chi connectivity index (χ2n) is 6.04. The van der Waals surface area contributed by atoms with Crippen LogP contribution in [0.2, 0.25) is 0 Å². The van der Waals surface area contributed by atoms with Crippen molar-refractivity contribution < 1.29 is 14.3 Å². The predicted molar refractivity (Wildman–Crippen MR) is 97.5 cm³/mol. The summed E-state index contributed by atoms with van der Waals surface area (Å²) in [6.45, 7) is 4.26. The highest BCUT2D eigenvalue weighted by Crippen LogP contribution is 2.33. The number of ether oxygens (including phenoxy) is 2. The third-order valence-corrected chi connectivity index (χ3v) is 4.39. The molecule has 1 heterocycles. The molecule has 5 nitrogen and oxygen atoms in total. The highest BCUT2D eigenvalue weighted by atomic mass is 16.5. The minimum atomic E-state index is -0.0295. The molecule has 1 aliphatic rings. The van der Waals surface area contributed by atoms with E-state index in [-0.39, 0.29) is 11.9 Å². The molecule has 132 valence electrons. The molecule has 0 aromatic heterocycles. The van der Waals surface area contributed by atoms with E-state index in [4.69, 9.17) is 9.47 Å². The lowest BCUT2D eigenvalue weighted by atomic mass is 10.1. The van der Waals surface area contributed by atoms with Gasteiger partial charge in [-0.1, -0.05) is 24.3 Å². The fourth-order valence-corrected chi connectivity index (χ4v) is 2.99. The van der Waals surface area contributed by atoms with Crippen LogP contribution in [0, 0.1) is 0 Å². The molecular weight excluding hydrogens is 316 g/mol. The van der Waals surface area contributed by atoms with Crippen LogP contribution in [0.25, 0.3) is 0 Å². The van der Waals surface area contributed by atoms with E-state index >= 15 is 0 Å². The van der Waals surface area contributed by atoms with Crippen LogP contribution in [0.3, 0.4) is 0 Å². The maximum Gasteiger partial charge on any atom is 0.257 e. The summed E-state index contributed by atoms with van der Waals surface area (Å²) in [4.78, 5) is 14.7. The molecule has 1 unspecified atom stereocenters. The van der Waals surface area contributed by atoms with Gasteiger partial charge in [-0.2, -0.15) is 0 Å². The zero-order valence-corrected chi connectivity index (χ0v) is 14.7. The maximum atomic E-state index is 12.9. The van der Waals surface area contributed by atoms with E-state index in [2.05, 4.69) is 5.32 Å². The summed E-state index contributed by atoms with van der Waals surface area (Å²) in [6.07, 6.45) is 0.971. The maximum absolute atomic E-state index is 12.9. The van der Waals surface area contributed by atoms with Crippen molar-refractivity contribution >= 4 is 5.91 Å². The Balaban J connectivity index is 1.85. The Morgan fingerprint density at radius 1 is 1.12 bits per heavy atom. The highest BCUT2D eigenvalue weighted by molar-refractivity contribution is 5.97. The fourth-order valence-electron chi connectivity index (χ4n) is 2.99. The zero-order chi connectivity index (χ0) is 17.6. The van der Waals surface area contributed by atoms with Crippen molar-refractivity contribution in [2.45, 2.75) is 19.4 Å². The fraction of sp³-hybridized carbons (Fsp3) is 0.350. The molecule has 0 bridgehead atoms. The summed E-state index contributed by atoms with van der Waals surface area (Å²) in [5.41, 5.74) is 0.559. The van der Waals surface area contributed by atoms with Gasteiger partial charge in [-0.25, -0.2) is 0 Å². The number of nitrogens with zero attached hydrogens (tertiary/aromatic N) is 1. The highest BCUT2D eigenvalue weighted by Gasteiger charge is 2.26. The standard InChI is InChI=1S/C20H24N2O3/c1-3-24-18-10-6-7-11-19(18)25-17-9-5-4-8-16(17)20(23)22(2)15-12-13-21-14-15/h4-11,15,21H,3,12-14H2,1-2H3. The van der Waals surface area contributed by atoms with Gasteiger partial charge in [0.1, 0.15) is 5.75 Å². The average Bonchev–Trinajstić information content (AvgIpc) is 3.17. The van der Waals surface area contributed by atoms with Gasteiger partial charge in [0.05, 0.1) is 12.2 Å². The molecule has 1 amide bonds. The van der Waals surface area contributed by atoms with Gasteiger partial charge in [0, 0.05) is 19.6 Å². The van der Waals surface area contributed by atoms with Crippen molar-refractivity contribution in [2.75, 3.05) is 26.7 Å². The molecule has 3 rings (SSSR count). The van der Waals surface area contributed by atoms with Crippen LogP contribution in [0.15, 0.2) is 48.5 Å². The number of benzene rings is 2. The average molecular weight is 340 g/mol. The number of para-hydroxylation sites is 3. The first-order valence-electron chi connectivity index (χ1n) is 8.67. The van der Waals surface area contributed by atoms with Gasteiger partial charge in [0.2, 0.25) is 0 Å². The van der Waals surface area contributed by atoms with E-state index in [9.17, 15) is 4.79 Å². The van der Waals surface area contributed by atoms with Crippen molar-refractivity contribution in [3.8, 4) is 17.2 Å². The predicted octanol–water partition coefficient (Wildman–Crippen LogP) is 3.31. The topological polar surface area (TPSA) is 50.8 Å². The lowest BCUT2D eigenvalue weighted by Crippen LogP contribution is -2.38. The molecule has 25 heavy (non-hydrogen) atoms. The van der Waals surface area contributed by atoms with E-state index in [1.807, 2.05) is 56.4 Å². The van der Waals surface area contributed by atoms with E-state index in [1.165, 1.54) is 0 Å². The third-order valence-electron chi connectivity index (χ3n) is 4.39. The Hall–Kier alpha value is -2.53. The molecule has 0 radical (unpaired) electrons. The molecule has 2 aromatic carbocycles. The first-order valence-corrected chi connectivity index (χ1v) is 8.67.